The fraction of sp³-hybridized carbons (Fsp3) is 0.250. The van der Waals surface area contributed by atoms with Gasteiger partial charge < -0.3 is 9.30 Å². The second-order valence-electron chi connectivity index (χ2n) is 2.39. The van der Waals surface area contributed by atoms with Crippen molar-refractivity contribution in [1.82, 2.24) is 9.55 Å². The van der Waals surface area contributed by atoms with E-state index in [1.165, 1.54) is 13.2 Å². The third-order valence-electron chi connectivity index (χ3n) is 1.45. The Bertz CT molecular complexity index is 344. The lowest BCUT2D eigenvalue weighted by atomic mass is 10.5. The van der Waals surface area contributed by atoms with Crippen molar-refractivity contribution in [3.63, 3.8) is 0 Å². The summed E-state index contributed by atoms with van der Waals surface area (Å²) in [4.78, 5) is 14.8. The van der Waals surface area contributed by atoms with E-state index in [1.807, 2.05) is 7.05 Å². The first-order chi connectivity index (χ1) is 6.13. The monoisotopic (exact) mass is 244 g/mol. The van der Waals surface area contributed by atoms with Crippen molar-refractivity contribution in [2.24, 2.45) is 7.05 Å². The Labute approximate surface area is 84.3 Å². The van der Waals surface area contributed by atoms with Gasteiger partial charge in [-0.15, -0.1) is 0 Å². The standard InChI is InChI=1S/C8H9BrN2O2/c1-11-5-6(9)10-7(11)3-4-8(12)13-2/h3-5H,1-2H3/b4-3+. The van der Waals surface area contributed by atoms with Gasteiger partial charge in [-0.3, -0.25) is 0 Å². The molecule has 13 heavy (non-hydrogen) atoms. The molecular weight excluding hydrogens is 236 g/mol. The van der Waals surface area contributed by atoms with E-state index in [0.717, 1.165) is 4.60 Å². The summed E-state index contributed by atoms with van der Waals surface area (Å²) in [6, 6.07) is 0. The third-order valence-corrected chi connectivity index (χ3v) is 1.83. The molecule has 0 spiro atoms. The topological polar surface area (TPSA) is 44.1 Å². The highest BCUT2D eigenvalue weighted by atomic mass is 79.9. The number of esters is 1. The van der Waals surface area contributed by atoms with Gasteiger partial charge in [0.15, 0.2) is 0 Å². The first kappa shape index (κ1) is 9.98. The van der Waals surface area contributed by atoms with E-state index in [9.17, 15) is 4.79 Å². The molecule has 0 radical (unpaired) electrons. The van der Waals surface area contributed by atoms with E-state index in [2.05, 4.69) is 25.7 Å². The van der Waals surface area contributed by atoms with Crippen LogP contribution in [0.25, 0.3) is 6.08 Å². The number of rotatable bonds is 2. The zero-order chi connectivity index (χ0) is 9.84. The number of ether oxygens (including phenoxy) is 1. The quantitative estimate of drug-likeness (QED) is 0.583. The molecule has 1 heterocycles. The number of hydrogen-bond donors (Lipinski definition) is 0. The van der Waals surface area contributed by atoms with Gasteiger partial charge in [0.05, 0.1) is 7.11 Å². The lowest BCUT2D eigenvalue weighted by Crippen LogP contribution is -1.95. The number of hydrogen-bond acceptors (Lipinski definition) is 3. The number of methoxy groups -OCH3 is 1. The van der Waals surface area contributed by atoms with Gasteiger partial charge in [0.25, 0.3) is 0 Å². The Balaban J connectivity index is 2.79. The molecule has 5 heteroatoms. The van der Waals surface area contributed by atoms with Crippen LogP contribution in [0.2, 0.25) is 0 Å². The van der Waals surface area contributed by atoms with Crippen molar-refractivity contribution in [2.45, 2.75) is 0 Å². The van der Waals surface area contributed by atoms with Gasteiger partial charge in [0.2, 0.25) is 0 Å². The highest BCUT2D eigenvalue weighted by Crippen LogP contribution is 2.09. The Morgan fingerprint density at radius 3 is 2.92 bits per heavy atom. The van der Waals surface area contributed by atoms with Gasteiger partial charge in [-0.2, -0.15) is 0 Å². The maximum Gasteiger partial charge on any atom is 0.330 e. The molecule has 0 N–H and O–H groups in total. The zero-order valence-corrected chi connectivity index (χ0v) is 8.91. The molecule has 0 saturated carbocycles. The van der Waals surface area contributed by atoms with Gasteiger partial charge in [-0.05, 0) is 22.0 Å². The Hall–Kier alpha value is -1.10. The molecule has 1 aromatic rings. The molecule has 0 unspecified atom stereocenters. The molecule has 1 rings (SSSR count). The molecule has 4 nitrogen and oxygen atoms in total. The molecule has 0 saturated heterocycles. The summed E-state index contributed by atoms with van der Waals surface area (Å²) < 4.78 is 6.97. The van der Waals surface area contributed by atoms with Crippen LogP contribution in [0.3, 0.4) is 0 Å². The highest BCUT2D eigenvalue weighted by Gasteiger charge is 1.99. The van der Waals surface area contributed by atoms with E-state index in [0.29, 0.717) is 5.82 Å². The smallest absolute Gasteiger partial charge is 0.330 e. The van der Waals surface area contributed by atoms with Gasteiger partial charge in [0.1, 0.15) is 10.4 Å². The van der Waals surface area contributed by atoms with E-state index in [4.69, 9.17) is 0 Å². The first-order valence-corrected chi connectivity index (χ1v) is 4.37. The van der Waals surface area contributed by atoms with Crippen LogP contribution < -0.4 is 0 Å². The predicted molar refractivity (Wildman–Crippen MR) is 52.0 cm³/mol. The molecule has 0 fully saturated rings. The summed E-state index contributed by atoms with van der Waals surface area (Å²) in [7, 11) is 3.18. The minimum atomic E-state index is -0.390. The zero-order valence-electron chi connectivity index (χ0n) is 7.32. The summed E-state index contributed by atoms with van der Waals surface area (Å²) in [5.41, 5.74) is 0. The number of carbonyl (C=O) groups is 1. The second-order valence-corrected chi connectivity index (χ2v) is 3.20. The molecule has 0 aliphatic carbocycles. The Kier molecular flexibility index (Phi) is 3.25. The summed E-state index contributed by atoms with van der Waals surface area (Å²) in [6.45, 7) is 0. The van der Waals surface area contributed by atoms with Crippen LogP contribution in [-0.2, 0) is 16.6 Å². The highest BCUT2D eigenvalue weighted by molar-refractivity contribution is 9.10. The fourth-order valence-electron chi connectivity index (χ4n) is 0.809. The third kappa shape index (κ3) is 2.69. The van der Waals surface area contributed by atoms with Crippen LogP contribution in [0, 0.1) is 0 Å². The minimum absolute atomic E-state index is 0.390. The molecular formula is C8H9BrN2O2. The van der Waals surface area contributed by atoms with Gasteiger partial charge >= 0.3 is 5.97 Å². The van der Waals surface area contributed by atoms with E-state index >= 15 is 0 Å². The Morgan fingerprint density at radius 1 is 1.77 bits per heavy atom. The van der Waals surface area contributed by atoms with Gasteiger partial charge in [-0.25, -0.2) is 9.78 Å². The average Bonchev–Trinajstić information content (AvgIpc) is 2.41. The summed E-state index contributed by atoms with van der Waals surface area (Å²) in [5.74, 6) is 0.302. The van der Waals surface area contributed by atoms with Crippen molar-refractivity contribution in [2.75, 3.05) is 7.11 Å². The number of halogens is 1. The molecule has 0 aromatic carbocycles. The van der Waals surface area contributed by atoms with Crippen molar-refractivity contribution in [1.29, 1.82) is 0 Å². The number of aryl methyl sites for hydroxylation is 1. The van der Waals surface area contributed by atoms with Gasteiger partial charge in [-0.1, -0.05) is 0 Å². The number of carbonyl (C=O) groups excluding carboxylic acids is 1. The Morgan fingerprint density at radius 2 is 2.46 bits per heavy atom. The van der Waals surface area contributed by atoms with Gasteiger partial charge in [0, 0.05) is 19.3 Å². The van der Waals surface area contributed by atoms with Crippen LogP contribution >= 0.6 is 15.9 Å². The maximum absolute atomic E-state index is 10.7. The van der Waals surface area contributed by atoms with Crippen LogP contribution in [0.4, 0.5) is 0 Å². The lowest BCUT2D eigenvalue weighted by Gasteiger charge is -1.92. The second kappa shape index (κ2) is 4.23. The number of nitrogens with zero attached hydrogens (tertiary/aromatic N) is 2. The molecule has 0 atom stereocenters. The lowest BCUT2D eigenvalue weighted by molar-refractivity contribution is -0.134. The average molecular weight is 245 g/mol. The molecule has 0 amide bonds. The number of aromatic nitrogens is 2. The summed E-state index contributed by atoms with van der Waals surface area (Å²) in [6.07, 6.45) is 4.72. The SMILES string of the molecule is COC(=O)/C=C/c1nc(Br)cn1C. The molecule has 0 bridgehead atoms. The minimum Gasteiger partial charge on any atom is -0.466 e. The fourth-order valence-corrected chi connectivity index (χ4v) is 1.30. The predicted octanol–water partition coefficient (Wildman–Crippen LogP) is 1.37. The van der Waals surface area contributed by atoms with Crippen LogP contribution in [0.1, 0.15) is 5.82 Å². The van der Waals surface area contributed by atoms with E-state index in [1.54, 1.807) is 16.8 Å². The normalized spacial score (nSPS) is 10.7. The molecule has 0 aliphatic heterocycles. The largest absolute Gasteiger partial charge is 0.466 e. The van der Waals surface area contributed by atoms with E-state index < -0.39 is 0 Å². The summed E-state index contributed by atoms with van der Waals surface area (Å²) >= 11 is 3.23. The maximum atomic E-state index is 10.7. The van der Waals surface area contributed by atoms with Crippen molar-refractivity contribution >= 4 is 28.0 Å². The van der Waals surface area contributed by atoms with Crippen molar-refractivity contribution in [3.8, 4) is 0 Å². The van der Waals surface area contributed by atoms with Crippen LogP contribution in [0.5, 0.6) is 0 Å². The first-order valence-electron chi connectivity index (χ1n) is 3.58. The molecule has 70 valence electrons. The molecule has 1 aromatic heterocycles. The van der Waals surface area contributed by atoms with Crippen molar-refractivity contribution in [3.05, 3.63) is 22.7 Å². The van der Waals surface area contributed by atoms with Crippen LogP contribution in [-0.4, -0.2) is 22.6 Å². The van der Waals surface area contributed by atoms with Crippen molar-refractivity contribution < 1.29 is 9.53 Å². The summed E-state index contributed by atoms with van der Waals surface area (Å²) in [5, 5.41) is 0. The van der Waals surface area contributed by atoms with E-state index in [-0.39, 0.29) is 5.97 Å². The molecule has 0 aliphatic rings. The van der Waals surface area contributed by atoms with Crippen LogP contribution in [0.15, 0.2) is 16.9 Å². The number of imidazole rings is 1.